The van der Waals surface area contributed by atoms with Gasteiger partial charge in [-0.2, -0.15) is 0 Å². The molecule has 2 rings (SSSR count). The van der Waals surface area contributed by atoms with Gasteiger partial charge in [-0.05, 0) is 37.1 Å². The summed E-state index contributed by atoms with van der Waals surface area (Å²) in [5.74, 6) is -2.30. The maximum atomic E-state index is 13.8. The lowest BCUT2D eigenvalue weighted by atomic mass is 10.1. The van der Waals surface area contributed by atoms with E-state index in [1.807, 2.05) is 0 Å². The van der Waals surface area contributed by atoms with Crippen LogP contribution in [0.1, 0.15) is 31.2 Å². The van der Waals surface area contributed by atoms with Gasteiger partial charge >= 0.3 is 11.9 Å². The van der Waals surface area contributed by atoms with Crippen molar-refractivity contribution < 1.29 is 28.2 Å². The number of methoxy groups -OCH3 is 2. The summed E-state index contributed by atoms with van der Waals surface area (Å²) >= 11 is 0.908. The number of amides is 1. The zero-order valence-electron chi connectivity index (χ0n) is 15.3. The molecule has 0 radical (unpaired) electrons. The monoisotopic (exact) mass is 394 g/mol. The summed E-state index contributed by atoms with van der Waals surface area (Å²) in [5.41, 5.74) is 1.38. The number of carbonyl (C=O) groups is 3. The number of nitrogens with one attached hydrogen (secondary N) is 2. The molecule has 0 fully saturated rings. The number of hydrogen-bond acceptors (Lipinski definition) is 7. The largest absolute Gasteiger partial charge is 0.465 e. The number of carbonyl (C=O) groups excluding carboxylic acids is 3. The molecule has 0 atom stereocenters. The molecule has 1 aromatic carbocycles. The van der Waals surface area contributed by atoms with E-state index in [1.165, 1.54) is 26.4 Å². The molecule has 0 aliphatic carbocycles. The first kappa shape index (κ1) is 20.4. The van der Waals surface area contributed by atoms with Gasteiger partial charge < -0.3 is 20.1 Å². The maximum Gasteiger partial charge on any atom is 0.348 e. The van der Waals surface area contributed by atoms with Crippen LogP contribution in [0.4, 0.5) is 15.1 Å². The van der Waals surface area contributed by atoms with Gasteiger partial charge in [-0.15, -0.1) is 11.3 Å². The molecule has 0 spiro atoms. The van der Waals surface area contributed by atoms with E-state index in [-0.39, 0.29) is 27.7 Å². The van der Waals surface area contributed by atoms with E-state index >= 15 is 0 Å². The molecule has 0 saturated carbocycles. The molecule has 0 bridgehead atoms. The third-order valence-corrected chi connectivity index (χ3v) is 4.91. The molecule has 7 nitrogen and oxygen atoms in total. The van der Waals surface area contributed by atoms with Gasteiger partial charge in [-0.1, -0.05) is 6.07 Å². The van der Waals surface area contributed by atoms with Gasteiger partial charge in [0, 0.05) is 0 Å². The summed E-state index contributed by atoms with van der Waals surface area (Å²) in [5, 5.41) is 5.40. The lowest BCUT2D eigenvalue weighted by Crippen LogP contribution is -2.22. The molecule has 9 heteroatoms. The Balaban J connectivity index is 2.18. The number of benzene rings is 1. The SMILES string of the molecule is COC(=O)c1sc(NC(=O)CNc2ccc(C)cc2F)c(C(=O)OC)c1C. The van der Waals surface area contributed by atoms with Crippen molar-refractivity contribution in [2.45, 2.75) is 13.8 Å². The molecule has 0 aliphatic rings. The highest BCUT2D eigenvalue weighted by Crippen LogP contribution is 2.34. The first-order chi connectivity index (χ1) is 12.8. The Morgan fingerprint density at radius 2 is 1.78 bits per heavy atom. The summed E-state index contributed by atoms with van der Waals surface area (Å²) in [6, 6.07) is 4.59. The van der Waals surface area contributed by atoms with Gasteiger partial charge in [0.05, 0.1) is 32.0 Å². The zero-order chi connectivity index (χ0) is 20.1. The van der Waals surface area contributed by atoms with E-state index in [0.717, 1.165) is 16.9 Å². The van der Waals surface area contributed by atoms with Gasteiger partial charge in [0.1, 0.15) is 15.7 Å². The number of hydrogen-bond donors (Lipinski definition) is 2. The molecular weight excluding hydrogens is 375 g/mol. The second kappa shape index (κ2) is 8.63. The van der Waals surface area contributed by atoms with Crippen molar-refractivity contribution in [3.63, 3.8) is 0 Å². The Labute approximate surface area is 159 Å². The number of anilines is 2. The fraction of sp³-hybridized carbons (Fsp3) is 0.278. The summed E-state index contributed by atoms with van der Waals surface area (Å²) in [7, 11) is 2.42. The second-order valence-electron chi connectivity index (χ2n) is 5.63. The molecule has 0 unspecified atom stereocenters. The quantitative estimate of drug-likeness (QED) is 0.731. The Morgan fingerprint density at radius 1 is 1.11 bits per heavy atom. The summed E-state index contributed by atoms with van der Waals surface area (Å²) in [4.78, 5) is 36.3. The predicted octanol–water partition coefficient (Wildman–Crippen LogP) is 3.13. The Bertz CT molecular complexity index is 894. The normalized spacial score (nSPS) is 10.3. The van der Waals surface area contributed by atoms with Crippen LogP contribution in [0.5, 0.6) is 0 Å². The van der Waals surface area contributed by atoms with E-state index in [1.54, 1.807) is 19.9 Å². The van der Waals surface area contributed by atoms with E-state index in [0.29, 0.717) is 5.56 Å². The van der Waals surface area contributed by atoms with Gasteiger partial charge in [0.15, 0.2) is 0 Å². The first-order valence-electron chi connectivity index (χ1n) is 7.88. The highest BCUT2D eigenvalue weighted by atomic mass is 32.1. The van der Waals surface area contributed by atoms with E-state index < -0.39 is 23.7 Å². The molecule has 1 heterocycles. The van der Waals surface area contributed by atoms with E-state index in [2.05, 4.69) is 15.4 Å². The standard InChI is InChI=1S/C18H19FN2O5S/c1-9-5-6-12(11(19)7-9)20-8-13(22)21-16-14(17(23)25-3)10(2)15(27-16)18(24)26-4/h5-7,20H,8H2,1-4H3,(H,21,22). The minimum atomic E-state index is -0.688. The van der Waals surface area contributed by atoms with E-state index in [4.69, 9.17) is 4.74 Å². The van der Waals surface area contributed by atoms with Gasteiger partial charge in [0.25, 0.3) is 0 Å². The topological polar surface area (TPSA) is 93.7 Å². The number of ether oxygens (including phenoxy) is 2. The Kier molecular flexibility index (Phi) is 6.51. The van der Waals surface area contributed by atoms with Gasteiger partial charge in [-0.25, -0.2) is 14.0 Å². The highest BCUT2D eigenvalue weighted by Gasteiger charge is 2.26. The summed E-state index contributed by atoms with van der Waals surface area (Å²) < 4.78 is 23.2. The van der Waals surface area contributed by atoms with E-state index in [9.17, 15) is 18.8 Å². The van der Waals surface area contributed by atoms with Crippen LogP contribution in [-0.4, -0.2) is 38.6 Å². The fourth-order valence-corrected chi connectivity index (χ4v) is 3.48. The number of halogens is 1. The number of rotatable bonds is 6. The minimum absolute atomic E-state index is 0.0813. The zero-order valence-corrected chi connectivity index (χ0v) is 16.1. The average Bonchev–Trinajstić information content (AvgIpc) is 2.95. The molecule has 144 valence electrons. The van der Waals surface area contributed by atoms with Crippen molar-refractivity contribution in [3.05, 3.63) is 45.6 Å². The van der Waals surface area contributed by atoms with Crippen molar-refractivity contribution in [1.29, 1.82) is 0 Å². The second-order valence-corrected chi connectivity index (χ2v) is 6.65. The molecule has 0 saturated heterocycles. The van der Waals surface area contributed by atoms with Crippen LogP contribution in [0, 0.1) is 19.7 Å². The van der Waals surface area contributed by atoms with Gasteiger partial charge in [0.2, 0.25) is 5.91 Å². The van der Waals surface area contributed by atoms with Crippen molar-refractivity contribution in [2.75, 3.05) is 31.4 Å². The van der Waals surface area contributed by atoms with Crippen molar-refractivity contribution in [2.24, 2.45) is 0 Å². The maximum absolute atomic E-state index is 13.8. The lowest BCUT2D eigenvalue weighted by molar-refractivity contribution is -0.114. The Hall–Kier alpha value is -2.94. The predicted molar refractivity (Wildman–Crippen MR) is 100.0 cm³/mol. The molecule has 27 heavy (non-hydrogen) atoms. The smallest absolute Gasteiger partial charge is 0.348 e. The summed E-state index contributed by atoms with van der Waals surface area (Å²) in [6.45, 7) is 3.08. The van der Waals surface area contributed by atoms with Crippen molar-refractivity contribution in [1.82, 2.24) is 0 Å². The first-order valence-corrected chi connectivity index (χ1v) is 8.70. The van der Waals surface area contributed by atoms with Crippen LogP contribution in [0.15, 0.2) is 18.2 Å². The molecule has 1 aromatic heterocycles. The van der Waals surface area contributed by atoms with Gasteiger partial charge in [-0.3, -0.25) is 4.79 Å². The summed E-state index contributed by atoms with van der Waals surface area (Å²) in [6.07, 6.45) is 0. The number of aryl methyl sites for hydroxylation is 1. The number of thiophene rings is 1. The van der Waals surface area contributed by atoms with Crippen LogP contribution in [0.2, 0.25) is 0 Å². The van der Waals surface area contributed by atoms with Crippen LogP contribution >= 0.6 is 11.3 Å². The highest BCUT2D eigenvalue weighted by molar-refractivity contribution is 7.18. The lowest BCUT2D eigenvalue weighted by Gasteiger charge is -2.09. The van der Waals surface area contributed by atoms with Crippen LogP contribution in [0.25, 0.3) is 0 Å². The van der Waals surface area contributed by atoms with Crippen LogP contribution < -0.4 is 10.6 Å². The third-order valence-electron chi connectivity index (χ3n) is 3.72. The molecule has 2 N–H and O–H groups in total. The molecule has 0 aliphatic heterocycles. The molecular formula is C18H19FN2O5S. The van der Waals surface area contributed by atoms with Crippen LogP contribution in [-0.2, 0) is 14.3 Å². The number of esters is 2. The fourth-order valence-electron chi connectivity index (χ4n) is 2.35. The molecule has 2 aromatic rings. The third kappa shape index (κ3) is 4.62. The van der Waals surface area contributed by atoms with Crippen molar-refractivity contribution >= 4 is 39.9 Å². The molecule has 1 amide bonds. The van der Waals surface area contributed by atoms with Crippen molar-refractivity contribution in [3.8, 4) is 0 Å². The average molecular weight is 394 g/mol. The van der Waals surface area contributed by atoms with Crippen LogP contribution in [0.3, 0.4) is 0 Å². The minimum Gasteiger partial charge on any atom is -0.465 e. The Morgan fingerprint density at radius 3 is 2.37 bits per heavy atom.